The van der Waals surface area contributed by atoms with Crippen molar-refractivity contribution >= 4 is 5.78 Å². The van der Waals surface area contributed by atoms with Crippen molar-refractivity contribution in [3.63, 3.8) is 0 Å². The summed E-state index contributed by atoms with van der Waals surface area (Å²) in [6.07, 6.45) is 3.68. The van der Waals surface area contributed by atoms with Gasteiger partial charge in [0.05, 0.1) is 0 Å². The molecule has 0 aliphatic carbocycles. The molecule has 0 radical (unpaired) electrons. The number of hydrogen-bond donors (Lipinski definition) is 1. The van der Waals surface area contributed by atoms with Crippen LogP contribution in [0.3, 0.4) is 0 Å². The first-order chi connectivity index (χ1) is 3.77. The highest BCUT2D eigenvalue weighted by molar-refractivity contribution is 5.87. The molecule has 0 atom stereocenters. The third-order valence-corrected chi connectivity index (χ3v) is 0.648. The fraction of sp³-hybridized carbons (Fsp3) is 0.500. The van der Waals surface area contributed by atoms with Crippen molar-refractivity contribution in [2.75, 3.05) is 6.61 Å². The zero-order valence-corrected chi connectivity index (χ0v) is 4.92. The number of allylic oxidation sites excluding steroid dienone is 1. The summed E-state index contributed by atoms with van der Waals surface area (Å²) >= 11 is 0. The van der Waals surface area contributed by atoms with E-state index in [1.54, 1.807) is 6.08 Å². The van der Waals surface area contributed by atoms with Gasteiger partial charge in [0.25, 0.3) is 0 Å². The van der Waals surface area contributed by atoms with E-state index in [4.69, 9.17) is 5.11 Å². The summed E-state index contributed by atoms with van der Waals surface area (Å²) in [5, 5.41) is 8.22. The van der Waals surface area contributed by atoms with Gasteiger partial charge in [0.15, 0.2) is 5.78 Å². The summed E-state index contributed by atoms with van der Waals surface area (Å²) in [5.41, 5.74) is 0. The monoisotopic (exact) mass is 114 g/mol. The highest BCUT2D eigenvalue weighted by Crippen LogP contribution is 1.79. The lowest BCUT2D eigenvalue weighted by Gasteiger charge is -1.80. The van der Waals surface area contributed by atoms with Gasteiger partial charge < -0.3 is 5.11 Å². The van der Waals surface area contributed by atoms with Crippen molar-refractivity contribution in [2.24, 2.45) is 0 Å². The number of carbonyl (C=O) groups is 1. The van der Waals surface area contributed by atoms with Gasteiger partial charge in [0, 0.05) is 6.61 Å². The predicted octanol–water partition coefficient (Wildman–Crippen LogP) is 0.514. The molecule has 0 aliphatic rings. The molecule has 0 unspecified atom stereocenters. The van der Waals surface area contributed by atoms with Crippen molar-refractivity contribution in [1.82, 2.24) is 0 Å². The van der Waals surface area contributed by atoms with Crippen LogP contribution < -0.4 is 0 Å². The second-order valence-electron chi connectivity index (χ2n) is 1.53. The van der Waals surface area contributed by atoms with Crippen LogP contribution in [0.15, 0.2) is 12.2 Å². The summed E-state index contributed by atoms with van der Waals surface area (Å²) < 4.78 is 0. The molecule has 0 bridgehead atoms. The van der Waals surface area contributed by atoms with Crippen LogP contribution >= 0.6 is 0 Å². The first-order valence-corrected chi connectivity index (χ1v) is 2.55. The topological polar surface area (TPSA) is 37.3 Å². The Bertz CT molecular complexity index is 94.7. The summed E-state index contributed by atoms with van der Waals surface area (Å²) in [6.45, 7) is 1.59. The van der Waals surface area contributed by atoms with Crippen LogP contribution in [0.5, 0.6) is 0 Å². The van der Waals surface area contributed by atoms with E-state index < -0.39 is 0 Å². The van der Waals surface area contributed by atoms with Gasteiger partial charge in [-0.3, -0.25) is 4.79 Å². The van der Waals surface area contributed by atoms with E-state index in [9.17, 15) is 4.79 Å². The van der Waals surface area contributed by atoms with Gasteiger partial charge in [-0.2, -0.15) is 0 Å². The van der Waals surface area contributed by atoms with Crippen molar-refractivity contribution in [1.29, 1.82) is 0 Å². The van der Waals surface area contributed by atoms with Gasteiger partial charge in [-0.15, -0.1) is 0 Å². The summed E-state index contributed by atoms with van der Waals surface area (Å²) in [6, 6.07) is 0. The van der Waals surface area contributed by atoms with Crippen molar-refractivity contribution < 1.29 is 9.90 Å². The molecule has 0 saturated heterocycles. The van der Waals surface area contributed by atoms with Gasteiger partial charge in [-0.05, 0) is 19.4 Å². The van der Waals surface area contributed by atoms with Crippen LogP contribution in [-0.4, -0.2) is 17.5 Å². The van der Waals surface area contributed by atoms with Crippen LogP contribution in [0.4, 0.5) is 0 Å². The molecule has 0 spiro atoms. The molecule has 1 N–H and O–H groups in total. The van der Waals surface area contributed by atoms with Gasteiger partial charge in [0.2, 0.25) is 0 Å². The van der Waals surface area contributed by atoms with Crippen molar-refractivity contribution in [3.8, 4) is 0 Å². The van der Waals surface area contributed by atoms with Crippen LogP contribution in [0.2, 0.25) is 0 Å². The Hall–Kier alpha value is -0.630. The second kappa shape index (κ2) is 4.53. The number of aliphatic hydroxyl groups is 1. The number of ketones is 1. The largest absolute Gasteiger partial charge is 0.396 e. The normalized spacial score (nSPS) is 10.2. The van der Waals surface area contributed by atoms with Crippen LogP contribution in [0.25, 0.3) is 0 Å². The molecule has 0 amide bonds. The Labute approximate surface area is 48.8 Å². The Morgan fingerprint density at radius 1 is 1.75 bits per heavy atom. The summed E-state index contributed by atoms with van der Waals surface area (Å²) in [5.74, 6) is 0.0263. The number of aliphatic hydroxyl groups excluding tert-OH is 1. The average molecular weight is 114 g/mol. The first-order valence-electron chi connectivity index (χ1n) is 2.55. The predicted molar refractivity (Wildman–Crippen MR) is 31.5 cm³/mol. The maximum absolute atomic E-state index is 10.2. The van der Waals surface area contributed by atoms with E-state index in [0.29, 0.717) is 6.42 Å². The molecule has 0 aromatic heterocycles. The fourth-order valence-corrected chi connectivity index (χ4v) is 0.324. The first kappa shape index (κ1) is 7.37. The third kappa shape index (κ3) is 5.37. The van der Waals surface area contributed by atoms with Crippen LogP contribution in [0.1, 0.15) is 13.3 Å². The number of rotatable bonds is 3. The van der Waals surface area contributed by atoms with E-state index in [-0.39, 0.29) is 12.4 Å². The molecule has 0 saturated carbocycles. The maximum Gasteiger partial charge on any atom is 0.152 e. The molecular formula is C6H10O2. The van der Waals surface area contributed by atoms with E-state index in [1.807, 2.05) is 0 Å². The highest BCUT2D eigenvalue weighted by atomic mass is 16.2. The average Bonchev–Trinajstić information content (AvgIpc) is 1.66. The lowest BCUT2D eigenvalue weighted by Crippen LogP contribution is -1.81. The van der Waals surface area contributed by atoms with Crippen molar-refractivity contribution in [2.45, 2.75) is 13.3 Å². The van der Waals surface area contributed by atoms with Gasteiger partial charge >= 0.3 is 0 Å². The van der Waals surface area contributed by atoms with Gasteiger partial charge in [-0.25, -0.2) is 0 Å². The Morgan fingerprint density at radius 3 is 2.75 bits per heavy atom. The molecule has 0 aliphatic heterocycles. The molecule has 8 heavy (non-hydrogen) atoms. The Morgan fingerprint density at radius 2 is 2.38 bits per heavy atom. The minimum absolute atomic E-state index is 0.0263. The summed E-state index contributed by atoms with van der Waals surface area (Å²) in [4.78, 5) is 10.2. The van der Waals surface area contributed by atoms with E-state index in [0.717, 1.165) is 0 Å². The fourth-order valence-electron chi connectivity index (χ4n) is 0.324. The van der Waals surface area contributed by atoms with Crippen LogP contribution in [-0.2, 0) is 4.79 Å². The SMILES string of the molecule is CC(=O)/C=C\CCO. The van der Waals surface area contributed by atoms with E-state index >= 15 is 0 Å². The smallest absolute Gasteiger partial charge is 0.152 e. The molecule has 0 aromatic carbocycles. The molecule has 2 nitrogen and oxygen atoms in total. The minimum atomic E-state index is 0.0263. The Kier molecular flexibility index (Phi) is 4.17. The molecule has 0 aromatic rings. The standard InChI is InChI=1S/C6H10O2/c1-6(8)4-2-3-5-7/h2,4,7H,3,5H2,1H3/b4-2-. The maximum atomic E-state index is 10.2. The zero-order valence-electron chi connectivity index (χ0n) is 4.92. The molecule has 0 rings (SSSR count). The van der Waals surface area contributed by atoms with Crippen molar-refractivity contribution in [3.05, 3.63) is 12.2 Å². The summed E-state index contributed by atoms with van der Waals surface area (Å²) in [7, 11) is 0. The lowest BCUT2D eigenvalue weighted by molar-refractivity contribution is -0.112. The Balaban J connectivity index is 3.20. The molecule has 2 heteroatoms. The van der Waals surface area contributed by atoms with Gasteiger partial charge in [-0.1, -0.05) is 6.08 Å². The van der Waals surface area contributed by atoms with Gasteiger partial charge in [0.1, 0.15) is 0 Å². The quantitative estimate of drug-likeness (QED) is 0.543. The third-order valence-electron chi connectivity index (χ3n) is 0.648. The van der Waals surface area contributed by atoms with E-state index in [2.05, 4.69) is 0 Å². The lowest BCUT2D eigenvalue weighted by atomic mass is 10.3. The number of hydrogen-bond acceptors (Lipinski definition) is 2. The van der Waals surface area contributed by atoms with E-state index in [1.165, 1.54) is 13.0 Å². The highest BCUT2D eigenvalue weighted by Gasteiger charge is 1.78. The van der Waals surface area contributed by atoms with Crippen LogP contribution in [0, 0.1) is 0 Å². The minimum Gasteiger partial charge on any atom is -0.396 e. The molecular weight excluding hydrogens is 104 g/mol. The molecule has 0 fully saturated rings. The number of carbonyl (C=O) groups excluding carboxylic acids is 1. The molecule has 46 valence electrons. The second-order valence-corrected chi connectivity index (χ2v) is 1.53. The molecule has 0 heterocycles. The zero-order chi connectivity index (χ0) is 6.41.